The zero-order chi connectivity index (χ0) is 22.3. The highest BCUT2D eigenvalue weighted by Crippen LogP contribution is 2.25. The minimum atomic E-state index is 0.000483. The summed E-state index contributed by atoms with van der Waals surface area (Å²) in [5, 5.41) is 0. The first kappa shape index (κ1) is 25.1. The van der Waals surface area contributed by atoms with Crippen LogP contribution in [0.25, 0.3) is 0 Å². The molecule has 0 amide bonds. The normalized spacial score (nSPS) is 12.3. The molecule has 0 aromatic carbocycles. The molecule has 2 rings (SSSR count). The molecule has 4 N–H and O–H groups in total. The van der Waals surface area contributed by atoms with Gasteiger partial charge in [0.2, 0.25) is 11.9 Å². The van der Waals surface area contributed by atoms with Crippen molar-refractivity contribution < 1.29 is 0 Å². The minimum Gasteiger partial charge on any atom is -0.368 e. The molecule has 0 saturated carbocycles. The molecule has 2 heterocycles. The summed E-state index contributed by atoms with van der Waals surface area (Å²) in [6.45, 7) is 4.49. The Morgan fingerprint density at radius 3 is 1.90 bits per heavy atom. The third-order valence-electron chi connectivity index (χ3n) is 5.91. The van der Waals surface area contributed by atoms with E-state index in [2.05, 4.69) is 38.4 Å². The number of aryl methyl sites for hydroxylation is 1. The van der Waals surface area contributed by atoms with Gasteiger partial charge < -0.3 is 16.0 Å². The smallest absolute Gasteiger partial charge is 0.225 e. The van der Waals surface area contributed by atoms with Crippen molar-refractivity contribution in [1.29, 1.82) is 0 Å². The molecular formula is C24H43N7. The van der Waals surface area contributed by atoms with E-state index in [0.29, 0.717) is 5.82 Å². The van der Waals surface area contributed by atoms with Gasteiger partial charge in [-0.05, 0) is 12.8 Å². The summed E-state index contributed by atoms with van der Waals surface area (Å²) in [7, 11) is 0. The van der Waals surface area contributed by atoms with Gasteiger partial charge in [0, 0.05) is 18.8 Å². The highest BCUT2D eigenvalue weighted by molar-refractivity contribution is 5.27. The Hall–Kier alpha value is -2.18. The number of nitrogens with two attached hydrogens (primary N) is 2. The van der Waals surface area contributed by atoms with Crippen molar-refractivity contribution in [2.24, 2.45) is 0 Å². The first-order chi connectivity index (χ1) is 15.2. The van der Waals surface area contributed by atoms with E-state index in [4.69, 9.17) is 11.5 Å². The van der Waals surface area contributed by atoms with Crippen LogP contribution in [0.3, 0.4) is 0 Å². The summed E-state index contributed by atoms with van der Waals surface area (Å²) in [6, 6.07) is 0.000483. The predicted molar refractivity (Wildman–Crippen MR) is 129 cm³/mol. The lowest BCUT2D eigenvalue weighted by Crippen LogP contribution is -2.18. The Morgan fingerprint density at radius 1 is 0.742 bits per heavy atom. The highest BCUT2D eigenvalue weighted by atomic mass is 15.2. The summed E-state index contributed by atoms with van der Waals surface area (Å²) in [5.41, 5.74) is 11.7. The number of aromatic nitrogens is 5. The number of hydrogen-bond acceptors (Lipinski definition) is 6. The molecule has 174 valence electrons. The van der Waals surface area contributed by atoms with Gasteiger partial charge in [-0.1, -0.05) is 90.9 Å². The number of nitrogen functional groups attached to an aromatic ring is 2. The van der Waals surface area contributed by atoms with Gasteiger partial charge in [-0.25, -0.2) is 4.98 Å². The number of anilines is 2. The van der Waals surface area contributed by atoms with Gasteiger partial charge in [0.25, 0.3) is 0 Å². The monoisotopic (exact) mass is 429 g/mol. The maximum Gasteiger partial charge on any atom is 0.225 e. The zero-order valence-electron chi connectivity index (χ0n) is 19.7. The van der Waals surface area contributed by atoms with Gasteiger partial charge in [0.05, 0.1) is 6.04 Å². The van der Waals surface area contributed by atoms with Crippen LogP contribution in [0.15, 0.2) is 12.4 Å². The Balaban J connectivity index is 1.93. The van der Waals surface area contributed by atoms with Crippen LogP contribution in [-0.4, -0.2) is 24.5 Å². The molecular weight excluding hydrogens is 386 g/mol. The van der Waals surface area contributed by atoms with Crippen molar-refractivity contribution in [3.63, 3.8) is 0 Å². The lowest BCUT2D eigenvalue weighted by Gasteiger charge is -2.20. The molecule has 2 aromatic heterocycles. The topological polar surface area (TPSA) is 109 Å². The van der Waals surface area contributed by atoms with Crippen LogP contribution in [0.1, 0.15) is 121 Å². The first-order valence-electron chi connectivity index (χ1n) is 12.4. The van der Waals surface area contributed by atoms with Crippen molar-refractivity contribution >= 4 is 11.9 Å². The van der Waals surface area contributed by atoms with Crippen LogP contribution in [0.5, 0.6) is 0 Å². The number of imidazole rings is 1. The molecule has 1 unspecified atom stereocenters. The Bertz CT molecular complexity index is 708. The molecule has 0 spiro atoms. The summed E-state index contributed by atoms with van der Waals surface area (Å²) in [4.78, 5) is 17.4. The van der Waals surface area contributed by atoms with Crippen molar-refractivity contribution in [2.45, 2.75) is 116 Å². The van der Waals surface area contributed by atoms with Crippen LogP contribution < -0.4 is 11.5 Å². The molecule has 0 aliphatic carbocycles. The van der Waals surface area contributed by atoms with Crippen molar-refractivity contribution in [3.05, 3.63) is 24.0 Å². The molecule has 0 aliphatic rings. The maximum absolute atomic E-state index is 5.86. The molecule has 0 bridgehead atoms. The fourth-order valence-corrected chi connectivity index (χ4v) is 4.15. The second kappa shape index (κ2) is 14.8. The van der Waals surface area contributed by atoms with E-state index in [0.717, 1.165) is 31.5 Å². The number of rotatable bonds is 17. The van der Waals surface area contributed by atoms with Gasteiger partial charge in [-0.15, -0.1) is 0 Å². The van der Waals surface area contributed by atoms with E-state index in [1.807, 2.05) is 12.4 Å². The van der Waals surface area contributed by atoms with E-state index in [1.54, 1.807) is 0 Å². The van der Waals surface area contributed by atoms with Gasteiger partial charge in [0.15, 0.2) is 5.82 Å². The average Bonchev–Trinajstić information content (AvgIpc) is 3.20. The largest absolute Gasteiger partial charge is 0.368 e. The van der Waals surface area contributed by atoms with Gasteiger partial charge in [0.1, 0.15) is 5.82 Å². The minimum absolute atomic E-state index is 0.000483. The average molecular weight is 430 g/mol. The standard InChI is InChI=1S/C24H43N7/c1-3-5-7-9-10-11-12-13-15-17-21-27-18-19-31(21)20(16-14-8-6-4-2)22-28-23(25)30-24(26)29-22/h18-20H,3-17H2,1-2H3,(H4,25,26,28,29,30). The second-order valence-corrected chi connectivity index (χ2v) is 8.60. The summed E-state index contributed by atoms with van der Waals surface area (Å²) < 4.78 is 2.23. The fourth-order valence-electron chi connectivity index (χ4n) is 4.15. The summed E-state index contributed by atoms with van der Waals surface area (Å²) in [6.07, 6.45) is 22.5. The maximum atomic E-state index is 5.86. The molecule has 31 heavy (non-hydrogen) atoms. The quantitative estimate of drug-likeness (QED) is 0.305. The SMILES string of the molecule is CCCCCCCCCCCc1nccn1C(CCCCCC)c1nc(N)nc(N)n1. The van der Waals surface area contributed by atoms with E-state index in [-0.39, 0.29) is 17.9 Å². The molecule has 7 heteroatoms. The predicted octanol–water partition coefficient (Wildman–Crippen LogP) is 5.87. The number of unbranched alkanes of at least 4 members (excludes halogenated alkanes) is 11. The fraction of sp³-hybridized carbons (Fsp3) is 0.750. The first-order valence-corrected chi connectivity index (χ1v) is 12.4. The van der Waals surface area contributed by atoms with Crippen molar-refractivity contribution in [1.82, 2.24) is 24.5 Å². The molecule has 0 radical (unpaired) electrons. The Morgan fingerprint density at radius 2 is 1.29 bits per heavy atom. The molecule has 1 atom stereocenters. The van der Waals surface area contributed by atoms with Gasteiger partial charge in [-0.2, -0.15) is 15.0 Å². The summed E-state index contributed by atoms with van der Waals surface area (Å²) in [5.74, 6) is 2.11. The second-order valence-electron chi connectivity index (χ2n) is 8.60. The molecule has 0 fully saturated rings. The van der Waals surface area contributed by atoms with Crippen LogP contribution in [0.2, 0.25) is 0 Å². The van der Waals surface area contributed by atoms with Crippen LogP contribution in [-0.2, 0) is 6.42 Å². The van der Waals surface area contributed by atoms with Crippen LogP contribution >= 0.6 is 0 Å². The lowest BCUT2D eigenvalue weighted by molar-refractivity contribution is 0.460. The summed E-state index contributed by atoms with van der Waals surface area (Å²) >= 11 is 0. The van der Waals surface area contributed by atoms with Crippen molar-refractivity contribution in [2.75, 3.05) is 11.5 Å². The molecule has 7 nitrogen and oxygen atoms in total. The third kappa shape index (κ3) is 9.23. The number of nitrogens with zero attached hydrogens (tertiary/aromatic N) is 5. The molecule has 0 saturated heterocycles. The van der Waals surface area contributed by atoms with Crippen molar-refractivity contribution in [3.8, 4) is 0 Å². The van der Waals surface area contributed by atoms with E-state index < -0.39 is 0 Å². The van der Waals surface area contributed by atoms with Crippen LogP contribution in [0, 0.1) is 0 Å². The lowest BCUT2D eigenvalue weighted by atomic mass is 10.0. The Labute approximate surface area is 188 Å². The Kier molecular flexibility index (Phi) is 11.9. The van der Waals surface area contributed by atoms with Gasteiger partial charge in [-0.3, -0.25) is 0 Å². The number of hydrogen-bond donors (Lipinski definition) is 2. The van der Waals surface area contributed by atoms with Gasteiger partial charge >= 0.3 is 0 Å². The van der Waals surface area contributed by atoms with E-state index >= 15 is 0 Å². The van der Waals surface area contributed by atoms with E-state index in [9.17, 15) is 0 Å². The van der Waals surface area contributed by atoms with Crippen LogP contribution in [0.4, 0.5) is 11.9 Å². The van der Waals surface area contributed by atoms with E-state index in [1.165, 1.54) is 70.6 Å². The highest BCUT2D eigenvalue weighted by Gasteiger charge is 2.20. The zero-order valence-corrected chi connectivity index (χ0v) is 19.7. The molecule has 0 aliphatic heterocycles. The molecule has 2 aromatic rings. The third-order valence-corrected chi connectivity index (χ3v) is 5.91.